The van der Waals surface area contributed by atoms with Gasteiger partial charge >= 0.3 is 0 Å². The molecule has 3 rings (SSSR count). The van der Waals surface area contributed by atoms with Crippen molar-refractivity contribution in [1.82, 2.24) is 5.43 Å². The lowest BCUT2D eigenvalue weighted by molar-refractivity contribution is -0.121. The van der Waals surface area contributed by atoms with E-state index in [1.54, 1.807) is 42.5 Å². The van der Waals surface area contributed by atoms with Crippen LogP contribution in [0, 0.1) is 18.3 Å². The van der Waals surface area contributed by atoms with Crippen LogP contribution in [-0.2, 0) is 4.79 Å². The second-order valence-electron chi connectivity index (χ2n) is 7.31. The number of ether oxygens (including phenoxy) is 3. The Bertz CT molecular complexity index is 1160. The number of amides is 1. The van der Waals surface area contributed by atoms with Gasteiger partial charge in [-0.25, -0.2) is 5.43 Å². The van der Waals surface area contributed by atoms with E-state index in [-0.39, 0.29) is 0 Å². The lowest BCUT2D eigenvalue weighted by Crippen LogP contribution is -2.24. The van der Waals surface area contributed by atoms with Gasteiger partial charge in [0.1, 0.15) is 19.0 Å². The monoisotopic (exact) mass is 457 g/mol. The number of nitrogens with zero attached hydrogens (tertiary/aromatic N) is 2. The second-order valence-corrected chi connectivity index (χ2v) is 7.31. The largest absolute Gasteiger partial charge is 0.490 e. The maximum absolute atomic E-state index is 12.4. The van der Waals surface area contributed by atoms with Gasteiger partial charge in [0.05, 0.1) is 18.9 Å². The van der Waals surface area contributed by atoms with Gasteiger partial charge in [0.25, 0.3) is 5.91 Å². The van der Waals surface area contributed by atoms with Gasteiger partial charge in [-0.1, -0.05) is 48.5 Å². The zero-order valence-electron chi connectivity index (χ0n) is 19.2. The highest BCUT2D eigenvalue weighted by molar-refractivity contribution is 5.88. The summed E-state index contributed by atoms with van der Waals surface area (Å²) >= 11 is 0. The molecule has 1 amide bonds. The minimum Gasteiger partial charge on any atom is -0.490 e. The highest BCUT2D eigenvalue weighted by Crippen LogP contribution is 2.28. The van der Waals surface area contributed by atoms with E-state index >= 15 is 0 Å². The predicted octanol–water partition coefficient (Wildman–Crippen LogP) is 4.61. The van der Waals surface area contributed by atoms with E-state index in [1.165, 1.54) is 6.21 Å². The molecule has 0 spiro atoms. The van der Waals surface area contributed by atoms with Crippen molar-refractivity contribution in [3.8, 4) is 23.3 Å². The summed E-state index contributed by atoms with van der Waals surface area (Å²) in [7, 11) is 0. The molecule has 3 aromatic rings. The standard InChI is InChI=1S/C27H27N3O4/c1-3-32-26-17-21(19-29-30-27(31)23(18-28)22-10-5-4-6-11-22)13-14-25(26)34-16-15-33-24-12-8-7-9-20(24)2/h4-14,17,19,23H,3,15-16H2,1-2H3,(H,30,31)/b29-19-/t23-/m0/s1. The van der Waals surface area contributed by atoms with E-state index in [9.17, 15) is 10.1 Å². The van der Waals surface area contributed by atoms with Crippen molar-refractivity contribution in [3.63, 3.8) is 0 Å². The van der Waals surface area contributed by atoms with Gasteiger partial charge in [0.15, 0.2) is 17.4 Å². The summed E-state index contributed by atoms with van der Waals surface area (Å²) in [6.07, 6.45) is 1.49. The highest BCUT2D eigenvalue weighted by Gasteiger charge is 2.19. The number of carbonyl (C=O) groups excluding carboxylic acids is 1. The van der Waals surface area contributed by atoms with Crippen molar-refractivity contribution in [2.45, 2.75) is 19.8 Å². The number of rotatable bonds is 11. The Kier molecular flexibility index (Phi) is 9.06. The number of para-hydroxylation sites is 1. The number of hydrogen-bond donors (Lipinski definition) is 1. The molecule has 0 aliphatic heterocycles. The van der Waals surface area contributed by atoms with Crippen LogP contribution < -0.4 is 19.6 Å². The van der Waals surface area contributed by atoms with Crippen LogP contribution in [0.1, 0.15) is 29.5 Å². The molecule has 7 heteroatoms. The van der Waals surface area contributed by atoms with Gasteiger partial charge in [0, 0.05) is 0 Å². The average molecular weight is 458 g/mol. The van der Waals surface area contributed by atoms with E-state index < -0.39 is 11.8 Å². The quantitative estimate of drug-likeness (QED) is 0.258. The fraction of sp³-hybridized carbons (Fsp3) is 0.222. The van der Waals surface area contributed by atoms with Crippen LogP contribution in [0.25, 0.3) is 0 Å². The van der Waals surface area contributed by atoms with Crippen LogP contribution in [0.15, 0.2) is 77.9 Å². The topological polar surface area (TPSA) is 92.9 Å². The number of hydrazone groups is 1. The van der Waals surface area contributed by atoms with E-state index in [2.05, 4.69) is 10.5 Å². The van der Waals surface area contributed by atoms with Crippen molar-refractivity contribution in [1.29, 1.82) is 5.26 Å². The summed E-state index contributed by atoms with van der Waals surface area (Å²) in [5.74, 6) is 0.548. The summed E-state index contributed by atoms with van der Waals surface area (Å²) in [4.78, 5) is 12.4. The number of nitriles is 1. The third-order valence-corrected chi connectivity index (χ3v) is 4.87. The molecule has 0 unspecified atom stereocenters. The van der Waals surface area contributed by atoms with Crippen LogP contribution in [0.2, 0.25) is 0 Å². The van der Waals surface area contributed by atoms with Crippen LogP contribution in [-0.4, -0.2) is 31.9 Å². The van der Waals surface area contributed by atoms with Crippen LogP contribution >= 0.6 is 0 Å². The molecular weight excluding hydrogens is 430 g/mol. The normalized spacial score (nSPS) is 11.4. The molecular formula is C27H27N3O4. The SMILES string of the molecule is CCOc1cc(/C=N\NC(=O)[C@@H](C#N)c2ccccc2)ccc1OCCOc1ccccc1C. The number of benzene rings is 3. The van der Waals surface area contributed by atoms with E-state index in [0.717, 1.165) is 11.3 Å². The smallest absolute Gasteiger partial charge is 0.261 e. The average Bonchev–Trinajstić information content (AvgIpc) is 2.85. The number of nitrogens with one attached hydrogen (secondary N) is 1. The third kappa shape index (κ3) is 6.84. The molecule has 0 radical (unpaired) electrons. The van der Waals surface area contributed by atoms with E-state index in [0.29, 0.717) is 42.4 Å². The first-order valence-electron chi connectivity index (χ1n) is 11.0. The number of aryl methyl sites for hydroxylation is 1. The first-order chi connectivity index (χ1) is 16.6. The number of hydrogen-bond acceptors (Lipinski definition) is 6. The molecule has 0 bridgehead atoms. The zero-order valence-corrected chi connectivity index (χ0v) is 19.2. The zero-order chi connectivity index (χ0) is 24.2. The highest BCUT2D eigenvalue weighted by atomic mass is 16.5. The molecule has 1 atom stereocenters. The summed E-state index contributed by atoms with van der Waals surface area (Å²) < 4.78 is 17.3. The lowest BCUT2D eigenvalue weighted by Gasteiger charge is -2.13. The Balaban J connectivity index is 1.57. The Morgan fingerprint density at radius 2 is 1.68 bits per heavy atom. The van der Waals surface area contributed by atoms with Crippen LogP contribution in [0.4, 0.5) is 0 Å². The molecule has 3 aromatic carbocycles. The minimum absolute atomic E-state index is 0.354. The van der Waals surface area contributed by atoms with Gasteiger partial charge in [-0.05, 0) is 54.8 Å². The molecule has 0 aliphatic rings. The molecule has 174 valence electrons. The van der Waals surface area contributed by atoms with Crippen LogP contribution in [0.5, 0.6) is 17.2 Å². The van der Waals surface area contributed by atoms with Crippen LogP contribution in [0.3, 0.4) is 0 Å². The molecule has 1 N–H and O–H groups in total. The Morgan fingerprint density at radius 3 is 2.38 bits per heavy atom. The Morgan fingerprint density at radius 1 is 0.971 bits per heavy atom. The maximum Gasteiger partial charge on any atom is 0.261 e. The first-order valence-corrected chi connectivity index (χ1v) is 11.0. The molecule has 0 fully saturated rings. The Labute approximate surface area is 199 Å². The van der Waals surface area contributed by atoms with Crippen molar-refractivity contribution in [3.05, 3.63) is 89.5 Å². The van der Waals surface area contributed by atoms with Gasteiger partial charge in [-0.15, -0.1) is 0 Å². The van der Waals surface area contributed by atoms with E-state index in [1.807, 2.05) is 50.2 Å². The lowest BCUT2D eigenvalue weighted by atomic mass is 10.0. The molecule has 34 heavy (non-hydrogen) atoms. The number of carbonyl (C=O) groups is 1. The van der Waals surface area contributed by atoms with Crippen molar-refractivity contribution in [2.24, 2.45) is 5.10 Å². The summed E-state index contributed by atoms with van der Waals surface area (Å²) in [5, 5.41) is 13.3. The van der Waals surface area contributed by atoms with Crippen molar-refractivity contribution < 1.29 is 19.0 Å². The second kappa shape index (κ2) is 12.7. The molecule has 0 heterocycles. The summed E-state index contributed by atoms with van der Waals surface area (Å²) in [5.41, 5.74) is 4.82. The van der Waals surface area contributed by atoms with Crippen molar-refractivity contribution in [2.75, 3.05) is 19.8 Å². The molecule has 0 aromatic heterocycles. The minimum atomic E-state index is -0.935. The fourth-order valence-corrected chi connectivity index (χ4v) is 3.18. The third-order valence-electron chi connectivity index (χ3n) is 4.87. The van der Waals surface area contributed by atoms with Gasteiger partial charge < -0.3 is 14.2 Å². The molecule has 0 saturated carbocycles. The van der Waals surface area contributed by atoms with Gasteiger partial charge in [0.2, 0.25) is 0 Å². The molecule has 0 saturated heterocycles. The summed E-state index contributed by atoms with van der Waals surface area (Å²) in [6, 6.07) is 24.0. The fourth-order valence-electron chi connectivity index (χ4n) is 3.18. The first kappa shape index (κ1) is 24.3. The predicted molar refractivity (Wildman–Crippen MR) is 130 cm³/mol. The summed E-state index contributed by atoms with van der Waals surface area (Å²) in [6.45, 7) is 5.10. The molecule has 7 nitrogen and oxygen atoms in total. The Hall–Kier alpha value is -4.31. The van der Waals surface area contributed by atoms with Gasteiger partial charge in [-0.2, -0.15) is 10.4 Å². The maximum atomic E-state index is 12.4. The van der Waals surface area contributed by atoms with Gasteiger partial charge in [-0.3, -0.25) is 4.79 Å². The molecule has 0 aliphatic carbocycles. The van der Waals surface area contributed by atoms with E-state index in [4.69, 9.17) is 14.2 Å². The van der Waals surface area contributed by atoms with Crippen molar-refractivity contribution >= 4 is 12.1 Å².